The SMILES string of the molecule is O=C(NCCO)C(=O)Nc1cc(S(=O)(=O)N2CCOCC2)ccc1Cl. The Balaban J connectivity index is 2.19. The first kappa shape index (κ1) is 19.6. The first-order chi connectivity index (χ1) is 11.9. The lowest BCUT2D eigenvalue weighted by Gasteiger charge is -2.26. The van der Waals surface area contributed by atoms with Crippen LogP contribution in [0.5, 0.6) is 0 Å². The standard InChI is InChI=1S/C14H18ClN3O6S/c15-11-2-1-10(25(22,23)18-4-7-24-8-5-18)9-12(11)17-14(21)13(20)16-3-6-19/h1-2,9,19H,3-8H2,(H,16,20)(H,17,21). The highest BCUT2D eigenvalue weighted by Crippen LogP contribution is 2.27. The lowest BCUT2D eigenvalue weighted by atomic mass is 10.3. The van der Waals surface area contributed by atoms with Crippen LogP contribution in [0.4, 0.5) is 5.69 Å². The number of halogens is 1. The van der Waals surface area contributed by atoms with E-state index in [1.54, 1.807) is 0 Å². The predicted molar refractivity (Wildman–Crippen MR) is 89.8 cm³/mol. The van der Waals surface area contributed by atoms with Gasteiger partial charge in [-0.1, -0.05) is 11.6 Å². The van der Waals surface area contributed by atoms with Crippen molar-refractivity contribution in [2.45, 2.75) is 4.90 Å². The highest BCUT2D eigenvalue weighted by atomic mass is 35.5. The zero-order valence-electron chi connectivity index (χ0n) is 13.2. The van der Waals surface area contributed by atoms with Crippen molar-refractivity contribution < 1.29 is 27.9 Å². The van der Waals surface area contributed by atoms with E-state index in [0.717, 1.165) is 0 Å². The Morgan fingerprint density at radius 1 is 1.24 bits per heavy atom. The zero-order chi connectivity index (χ0) is 18.4. The van der Waals surface area contributed by atoms with Gasteiger partial charge in [0, 0.05) is 19.6 Å². The monoisotopic (exact) mass is 391 g/mol. The normalized spacial score (nSPS) is 15.6. The summed E-state index contributed by atoms with van der Waals surface area (Å²) in [5.41, 5.74) is 0.000138. The van der Waals surface area contributed by atoms with Gasteiger partial charge in [0.1, 0.15) is 0 Å². The van der Waals surface area contributed by atoms with Crippen molar-refractivity contribution in [3.8, 4) is 0 Å². The van der Waals surface area contributed by atoms with Crippen LogP contribution in [0.1, 0.15) is 0 Å². The smallest absolute Gasteiger partial charge is 0.313 e. The predicted octanol–water partition coefficient (Wildman–Crippen LogP) is -0.592. The number of hydrogen-bond donors (Lipinski definition) is 3. The van der Waals surface area contributed by atoms with Crippen LogP contribution in [0.3, 0.4) is 0 Å². The van der Waals surface area contributed by atoms with Gasteiger partial charge in [-0.25, -0.2) is 8.42 Å². The summed E-state index contributed by atoms with van der Waals surface area (Å²) in [6.45, 7) is 0.688. The average Bonchev–Trinajstić information content (AvgIpc) is 2.62. The van der Waals surface area contributed by atoms with E-state index in [1.165, 1.54) is 22.5 Å². The fourth-order valence-corrected chi connectivity index (χ4v) is 3.72. The van der Waals surface area contributed by atoms with E-state index in [4.69, 9.17) is 21.4 Å². The van der Waals surface area contributed by atoms with Crippen molar-refractivity contribution in [1.82, 2.24) is 9.62 Å². The maximum Gasteiger partial charge on any atom is 0.313 e. The van der Waals surface area contributed by atoms with E-state index in [1.807, 2.05) is 0 Å². The van der Waals surface area contributed by atoms with E-state index in [9.17, 15) is 18.0 Å². The minimum absolute atomic E-state index is 0.000138. The molecule has 1 aliphatic rings. The lowest BCUT2D eigenvalue weighted by Crippen LogP contribution is -2.40. The second-order valence-corrected chi connectivity index (χ2v) is 7.44. The summed E-state index contributed by atoms with van der Waals surface area (Å²) in [6.07, 6.45) is 0. The molecule has 0 saturated carbocycles. The largest absolute Gasteiger partial charge is 0.395 e. The number of nitrogens with zero attached hydrogens (tertiary/aromatic N) is 1. The number of anilines is 1. The van der Waals surface area contributed by atoms with Crippen LogP contribution in [-0.4, -0.2) is 69.1 Å². The van der Waals surface area contributed by atoms with Crippen LogP contribution in [0.15, 0.2) is 23.1 Å². The number of aliphatic hydroxyl groups excluding tert-OH is 1. The van der Waals surface area contributed by atoms with Gasteiger partial charge >= 0.3 is 11.8 Å². The van der Waals surface area contributed by atoms with Crippen LogP contribution < -0.4 is 10.6 Å². The van der Waals surface area contributed by atoms with E-state index in [-0.39, 0.29) is 41.8 Å². The number of ether oxygens (including phenoxy) is 1. The number of sulfonamides is 1. The van der Waals surface area contributed by atoms with E-state index in [2.05, 4.69) is 10.6 Å². The summed E-state index contributed by atoms with van der Waals surface area (Å²) in [7, 11) is -3.76. The second-order valence-electron chi connectivity index (χ2n) is 5.09. The quantitative estimate of drug-likeness (QED) is 0.576. The number of rotatable bonds is 5. The van der Waals surface area contributed by atoms with Crippen LogP contribution in [0.2, 0.25) is 5.02 Å². The highest BCUT2D eigenvalue weighted by molar-refractivity contribution is 7.89. The van der Waals surface area contributed by atoms with Crippen molar-refractivity contribution in [3.63, 3.8) is 0 Å². The first-order valence-electron chi connectivity index (χ1n) is 7.43. The van der Waals surface area contributed by atoms with Gasteiger partial charge in [-0.05, 0) is 18.2 Å². The summed E-state index contributed by atoms with van der Waals surface area (Å²) in [4.78, 5) is 23.3. The van der Waals surface area contributed by atoms with Crippen LogP contribution in [0, 0.1) is 0 Å². The van der Waals surface area contributed by atoms with Gasteiger partial charge in [-0.15, -0.1) is 0 Å². The number of morpholine rings is 1. The molecular weight excluding hydrogens is 374 g/mol. The molecule has 9 nitrogen and oxygen atoms in total. The molecule has 1 aromatic rings. The van der Waals surface area contributed by atoms with Crippen molar-refractivity contribution in [2.24, 2.45) is 0 Å². The summed E-state index contributed by atoms with van der Waals surface area (Å²) >= 11 is 5.97. The summed E-state index contributed by atoms with van der Waals surface area (Å²) < 4.78 is 31.7. The van der Waals surface area contributed by atoms with E-state index >= 15 is 0 Å². The van der Waals surface area contributed by atoms with Gasteiger partial charge < -0.3 is 20.5 Å². The Morgan fingerprint density at radius 2 is 1.92 bits per heavy atom. The molecule has 0 aromatic heterocycles. The molecule has 1 aromatic carbocycles. The number of hydrogen-bond acceptors (Lipinski definition) is 6. The molecule has 3 N–H and O–H groups in total. The summed E-state index contributed by atoms with van der Waals surface area (Å²) in [5.74, 6) is -1.98. The average molecular weight is 392 g/mol. The third kappa shape index (κ3) is 4.89. The minimum Gasteiger partial charge on any atom is -0.395 e. The van der Waals surface area contributed by atoms with Gasteiger partial charge in [0.25, 0.3) is 0 Å². The topological polar surface area (TPSA) is 125 Å². The fourth-order valence-electron chi connectivity index (χ4n) is 2.13. The lowest BCUT2D eigenvalue weighted by molar-refractivity contribution is -0.136. The molecule has 1 fully saturated rings. The molecule has 2 rings (SSSR count). The van der Waals surface area contributed by atoms with E-state index in [0.29, 0.717) is 13.2 Å². The maximum absolute atomic E-state index is 12.6. The number of carbonyl (C=O) groups excluding carboxylic acids is 2. The third-order valence-electron chi connectivity index (χ3n) is 3.40. The number of aliphatic hydroxyl groups is 1. The molecule has 0 radical (unpaired) electrons. The van der Waals surface area contributed by atoms with Crippen molar-refractivity contribution in [1.29, 1.82) is 0 Å². The molecule has 1 aliphatic heterocycles. The summed E-state index contributed by atoms with van der Waals surface area (Å²) in [6, 6.07) is 3.86. The van der Waals surface area contributed by atoms with Crippen molar-refractivity contribution in [2.75, 3.05) is 44.8 Å². The molecule has 1 saturated heterocycles. The third-order valence-corrected chi connectivity index (χ3v) is 5.62. The molecule has 0 bridgehead atoms. The van der Waals surface area contributed by atoms with Crippen LogP contribution in [0.25, 0.3) is 0 Å². The number of amides is 2. The molecule has 0 aliphatic carbocycles. The second kappa shape index (κ2) is 8.59. The first-order valence-corrected chi connectivity index (χ1v) is 9.25. The Kier molecular flexibility index (Phi) is 6.73. The maximum atomic E-state index is 12.6. The number of benzene rings is 1. The molecule has 1 heterocycles. The summed E-state index contributed by atoms with van der Waals surface area (Å²) in [5, 5.41) is 13.2. The zero-order valence-corrected chi connectivity index (χ0v) is 14.8. The van der Waals surface area contributed by atoms with Crippen molar-refractivity contribution in [3.05, 3.63) is 23.2 Å². The molecule has 138 valence electrons. The molecule has 0 unspecified atom stereocenters. The molecule has 2 amide bonds. The Morgan fingerprint density at radius 3 is 2.56 bits per heavy atom. The molecular formula is C14H18ClN3O6S. The highest BCUT2D eigenvalue weighted by Gasteiger charge is 2.27. The van der Waals surface area contributed by atoms with Crippen LogP contribution in [-0.2, 0) is 24.3 Å². The molecule has 25 heavy (non-hydrogen) atoms. The van der Waals surface area contributed by atoms with Gasteiger partial charge in [-0.3, -0.25) is 9.59 Å². The van der Waals surface area contributed by atoms with Crippen molar-refractivity contribution >= 4 is 39.1 Å². The van der Waals surface area contributed by atoms with Gasteiger partial charge in [0.05, 0.1) is 35.4 Å². The molecule has 11 heteroatoms. The number of carbonyl (C=O) groups is 2. The number of nitrogens with one attached hydrogen (secondary N) is 2. The van der Waals surface area contributed by atoms with Gasteiger partial charge in [-0.2, -0.15) is 4.31 Å². The minimum atomic E-state index is -3.76. The van der Waals surface area contributed by atoms with Gasteiger partial charge in [0.15, 0.2) is 0 Å². The Labute approximate surface area is 149 Å². The molecule has 0 spiro atoms. The fraction of sp³-hybridized carbons (Fsp3) is 0.429. The Bertz CT molecular complexity index is 749. The van der Waals surface area contributed by atoms with Crippen LogP contribution >= 0.6 is 11.6 Å². The molecule has 0 atom stereocenters. The van der Waals surface area contributed by atoms with E-state index < -0.39 is 21.8 Å². The Hall–Kier alpha value is -1.72. The van der Waals surface area contributed by atoms with Gasteiger partial charge in [0.2, 0.25) is 10.0 Å².